The molecule has 4 aromatic rings. The standard InChI is InChI=1S/C24H24N6O2/c1-32-22-7-6-17(13-18(22)15-30-11-4-10-26-30)14-29-12-8-20-19(16-29)24(31)28-23(27-20)21-5-2-3-9-25-21/h2-7,9-11,13H,8,12,14-16H2,1H3,(H,27,28,31). The van der Waals surface area contributed by atoms with Crippen molar-refractivity contribution in [2.24, 2.45) is 0 Å². The maximum atomic E-state index is 12.8. The lowest BCUT2D eigenvalue weighted by molar-refractivity contribution is 0.241. The van der Waals surface area contributed by atoms with Gasteiger partial charge in [0.1, 0.15) is 11.4 Å². The molecule has 32 heavy (non-hydrogen) atoms. The fraction of sp³-hybridized carbons (Fsp3) is 0.250. The number of hydrogen-bond donors (Lipinski definition) is 1. The molecule has 0 spiro atoms. The molecule has 0 bridgehead atoms. The molecule has 8 heteroatoms. The van der Waals surface area contributed by atoms with Gasteiger partial charge in [-0.15, -0.1) is 0 Å². The Kier molecular flexibility index (Phi) is 5.51. The lowest BCUT2D eigenvalue weighted by Gasteiger charge is -2.28. The summed E-state index contributed by atoms with van der Waals surface area (Å²) in [4.78, 5) is 27.0. The molecule has 0 amide bonds. The van der Waals surface area contributed by atoms with E-state index in [0.29, 0.717) is 24.6 Å². The van der Waals surface area contributed by atoms with Crippen LogP contribution in [0, 0.1) is 0 Å². The van der Waals surface area contributed by atoms with Crippen molar-refractivity contribution < 1.29 is 4.74 Å². The quantitative estimate of drug-likeness (QED) is 0.508. The molecule has 0 fully saturated rings. The molecule has 5 rings (SSSR count). The van der Waals surface area contributed by atoms with Crippen LogP contribution in [0.25, 0.3) is 11.5 Å². The van der Waals surface area contributed by atoms with Crippen LogP contribution < -0.4 is 10.3 Å². The number of H-pyrrole nitrogens is 1. The van der Waals surface area contributed by atoms with Crippen molar-refractivity contribution in [2.45, 2.75) is 26.1 Å². The fourth-order valence-electron chi connectivity index (χ4n) is 4.12. The number of pyridine rings is 1. The van der Waals surface area contributed by atoms with E-state index < -0.39 is 0 Å². The smallest absolute Gasteiger partial charge is 0.255 e. The van der Waals surface area contributed by atoms with Crippen LogP contribution in [0.5, 0.6) is 5.75 Å². The van der Waals surface area contributed by atoms with Gasteiger partial charge < -0.3 is 9.72 Å². The first-order chi connectivity index (χ1) is 15.7. The molecule has 8 nitrogen and oxygen atoms in total. The minimum atomic E-state index is -0.0885. The molecule has 0 saturated carbocycles. The van der Waals surface area contributed by atoms with Gasteiger partial charge in [-0.05, 0) is 35.9 Å². The molecule has 0 unspecified atom stereocenters. The van der Waals surface area contributed by atoms with Gasteiger partial charge in [-0.2, -0.15) is 5.10 Å². The molecular weight excluding hydrogens is 404 g/mol. The van der Waals surface area contributed by atoms with Crippen LogP contribution in [0.4, 0.5) is 0 Å². The molecule has 3 aromatic heterocycles. The van der Waals surface area contributed by atoms with Crippen LogP contribution in [0.3, 0.4) is 0 Å². The zero-order valence-electron chi connectivity index (χ0n) is 17.9. The first-order valence-corrected chi connectivity index (χ1v) is 10.6. The predicted octanol–water partition coefficient (Wildman–Crippen LogP) is 2.64. The van der Waals surface area contributed by atoms with E-state index in [1.807, 2.05) is 41.2 Å². The Morgan fingerprint density at radius 2 is 2.06 bits per heavy atom. The van der Waals surface area contributed by atoms with Gasteiger partial charge in [0, 0.05) is 50.2 Å². The highest BCUT2D eigenvalue weighted by atomic mass is 16.5. The summed E-state index contributed by atoms with van der Waals surface area (Å²) in [6.07, 6.45) is 6.14. The van der Waals surface area contributed by atoms with Gasteiger partial charge in [-0.3, -0.25) is 19.4 Å². The average molecular weight is 428 g/mol. The number of aromatic nitrogens is 5. The SMILES string of the molecule is COc1ccc(CN2CCc3nc(-c4ccccn4)[nH]c(=O)c3C2)cc1Cn1cccn1. The van der Waals surface area contributed by atoms with Gasteiger partial charge >= 0.3 is 0 Å². The van der Waals surface area contributed by atoms with Crippen LogP contribution in [0.1, 0.15) is 22.4 Å². The summed E-state index contributed by atoms with van der Waals surface area (Å²) < 4.78 is 7.41. The van der Waals surface area contributed by atoms with E-state index in [4.69, 9.17) is 9.72 Å². The number of benzene rings is 1. The molecule has 1 aromatic carbocycles. The molecule has 0 atom stereocenters. The van der Waals surface area contributed by atoms with E-state index in [2.05, 4.69) is 32.1 Å². The summed E-state index contributed by atoms with van der Waals surface area (Å²) in [7, 11) is 1.68. The molecule has 1 aliphatic rings. The molecule has 4 heterocycles. The Balaban J connectivity index is 1.35. The van der Waals surface area contributed by atoms with Crippen molar-refractivity contribution in [3.05, 3.63) is 93.8 Å². The maximum Gasteiger partial charge on any atom is 0.255 e. The molecular formula is C24H24N6O2. The van der Waals surface area contributed by atoms with E-state index >= 15 is 0 Å². The van der Waals surface area contributed by atoms with Crippen molar-refractivity contribution >= 4 is 0 Å². The Labute approximate surface area is 185 Å². The third kappa shape index (κ3) is 4.17. The number of rotatable bonds is 6. The van der Waals surface area contributed by atoms with Gasteiger partial charge in [0.25, 0.3) is 5.56 Å². The van der Waals surface area contributed by atoms with E-state index in [1.165, 1.54) is 5.56 Å². The van der Waals surface area contributed by atoms with Gasteiger partial charge in [0.05, 0.1) is 24.9 Å². The van der Waals surface area contributed by atoms with Crippen molar-refractivity contribution in [1.82, 2.24) is 29.6 Å². The zero-order valence-corrected chi connectivity index (χ0v) is 17.9. The van der Waals surface area contributed by atoms with Crippen molar-refractivity contribution in [1.29, 1.82) is 0 Å². The van der Waals surface area contributed by atoms with Gasteiger partial charge in [0.2, 0.25) is 0 Å². The van der Waals surface area contributed by atoms with Gasteiger partial charge in [-0.25, -0.2) is 4.98 Å². The number of nitrogens with one attached hydrogen (secondary N) is 1. The van der Waals surface area contributed by atoms with Crippen molar-refractivity contribution in [2.75, 3.05) is 13.7 Å². The van der Waals surface area contributed by atoms with Crippen LogP contribution in [-0.4, -0.2) is 43.3 Å². The second-order valence-electron chi connectivity index (χ2n) is 7.87. The summed E-state index contributed by atoms with van der Waals surface area (Å²) in [6.45, 7) is 2.80. The summed E-state index contributed by atoms with van der Waals surface area (Å²) in [5.74, 6) is 1.37. The Hall–Kier alpha value is -3.78. The minimum Gasteiger partial charge on any atom is -0.496 e. The third-order valence-corrected chi connectivity index (χ3v) is 5.70. The summed E-state index contributed by atoms with van der Waals surface area (Å²) >= 11 is 0. The molecule has 0 radical (unpaired) electrons. The van der Waals surface area contributed by atoms with Crippen LogP contribution in [0.2, 0.25) is 0 Å². The van der Waals surface area contributed by atoms with Gasteiger partial charge in [0.15, 0.2) is 5.82 Å². The highest BCUT2D eigenvalue weighted by Crippen LogP contribution is 2.24. The van der Waals surface area contributed by atoms with Crippen LogP contribution in [-0.2, 0) is 26.1 Å². The topological polar surface area (TPSA) is 88.9 Å². The van der Waals surface area contributed by atoms with E-state index in [1.54, 1.807) is 19.5 Å². The fourth-order valence-corrected chi connectivity index (χ4v) is 4.12. The first kappa shape index (κ1) is 20.1. The number of aromatic amines is 1. The lowest BCUT2D eigenvalue weighted by atomic mass is 10.0. The Bertz CT molecular complexity index is 1270. The number of ether oxygens (including phenoxy) is 1. The molecule has 1 N–H and O–H groups in total. The van der Waals surface area contributed by atoms with Crippen molar-refractivity contribution in [3.63, 3.8) is 0 Å². The number of nitrogens with zero attached hydrogens (tertiary/aromatic N) is 5. The van der Waals surface area contributed by atoms with Crippen molar-refractivity contribution in [3.8, 4) is 17.3 Å². The molecule has 0 saturated heterocycles. The van der Waals surface area contributed by atoms with E-state index in [0.717, 1.165) is 42.1 Å². The van der Waals surface area contributed by atoms with E-state index in [-0.39, 0.29) is 5.56 Å². The lowest BCUT2D eigenvalue weighted by Crippen LogP contribution is -2.35. The molecule has 1 aliphatic heterocycles. The normalized spacial score (nSPS) is 13.7. The number of fused-ring (bicyclic) bond motifs is 1. The third-order valence-electron chi connectivity index (χ3n) is 5.70. The minimum absolute atomic E-state index is 0.0885. The number of hydrogen-bond acceptors (Lipinski definition) is 6. The zero-order chi connectivity index (χ0) is 21.9. The largest absolute Gasteiger partial charge is 0.496 e. The molecule has 162 valence electrons. The predicted molar refractivity (Wildman–Crippen MR) is 120 cm³/mol. The summed E-state index contributed by atoms with van der Waals surface area (Å²) in [5.41, 5.74) is 4.43. The second kappa shape index (κ2) is 8.76. The highest BCUT2D eigenvalue weighted by Gasteiger charge is 2.22. The van der Waals surface area contributed by atoms with Gasteiger partial charge in [-0.1, -0.05) is 12.1 Å². The molecule has 0 aliphatic carbocycles. The summed E-state index contributed by atoms with van der Waals surface area (Å²) in [5, 5.41) is 4.30. The Morgan fingerprint density at radius 1 is 1.12 bits per heavy atom. The average Bonchev–Trinajstić information content (AvgIpc) is 3.33. The summed E-state index contributed by atoms with van der Waals surface area (Å²) in [6, 6.07) is 13.7. The number of methoxy groups -OCH3 is 1. The van der Waals surface area contributed by atoms with Crippen LogP contribution >= 0.6 is 0 Å². The maximum absolute atomic E-state index is 12.8. The van der Waals surface area contributed by atoms with E-state index in [9.17, 15) is 4.79 Å². The highest BCUT2D eigenvalue weighted by molar-refractivity contribution is 5.49. The second-order valence-corrected chi connectivity index (χ2v) is 7.87. The monoisotopic (exact) mass is 428 g/mol. The van der Waals surface area contributed by atoms with Crippen LogP contribution in [0.15, 0.2) is 65.8 Å². The Morgan fingerprint density at radius 3 is 2.84 bits per heavy atom. The first-order valence-electron chi connectivity index (χ1n) is 10.6.